The molecule has 0 radical (unpaired) electrons. The van der Waals surface area contributed by atoms with Gasteiger partial charge in [-0.3, -0.25) is 4.79 Å². The Hall–Kier alpha value is -0.640. The summed E-state index contributed by atoms with van der Waals surface area (Å²) in [5.41, 5.74) is 4.88. The highest BCUT2D eigenvalue weighted by molar-refractivity contribution is 5.75. The molecule has 0 aromatic carbocycles. The van der Waals surface area contributed by atoms with E-state index in [2.05, 4.69) is 4.74 Å². The summed E-state index contributed by atoms with van der Waals surface area (Å²) in [6.07, 6.45) is 0. The highest BCUT2D eigenvalue weighted by Crippen LogP contribution is 1.82. The van der Waals surface area contributed by atoms with Gasteiger partial charge in [-0.05, 0) is 0 Å². The summed E-state index contributed by atoms with van der Waals surface area (Å²) in [5, 5.41) is 0. The van der Waals surface area contributed by atoms with Crippen LogP contribution in [0.5, 0.6) is 0 Å². The molecule has 0 rings (SSSR count). The molecular weight excluding hydrogens is 113 g/mol. The van der Waals surface area contributed by atoms with Gasteiger partial charge in [0.25, 0.3) is 0 Å². The van der Waals surface area contributed by atoms with Gasteiger partial charge in [-0.25, -0.2) is 4.39 Å². The lowest BCUT2D eigenvalue weighted by Gasteiger charge is -2.01. The molecule has 0 unspecified atom stereocenters. The van der Waals surface area contributed by atoms with Gasteiger partial charge >= 0.3 is 5.97 Å². The summed E-state index contributed by atoms with van der Waals surface area (Å²) in [6, 6.07) is -1.11. The maximum absolute atomic E-state index is 11.4. The van der Waals surface area contributed by atoms with Gasteiger partial charge in [0.05, 0.1) is 7.11 Å². The van der Waals surface area contributed by atoms with E-state index in [1.807, 2.05) is 0 Å². The first-order valence-electron chi connectivity index (χ1n) is 2.11. The number of methoxy groups -OCH3 is 1. The predicted octanol–water partition coefficient (Wildman–Crippen LogP) is -0.544. The minimum atomic E-state index is -1.11. The lowest BCUT2D eigenvalue weighted by molar-refractivity contribution is -0.142. The molecular formula is C4H8FNO2. The number of ether oxygens (including phenoxy) is 1. The van der Waals surface area contributed by atoms with Crippen LogP contribution in [0.25, 0.3) is 0 Å². The van der Waals surface area contributed by atoms with Crippen LogP contribution in [0.4, 0.5) is 4.39 Å². The number of carbonyl (C=O) groups excluding carboxylic acids is 1. The third kappa shape index (κ3) is 1.88. The fraction of sp³-hybridized carbons (Fsp3) is 0.750. The first kappa shape index (κ1) is 7.36. The molecule has 2 N–H and O–H groups in total. The molecule has 3 nitrogen and oxygen atoms in total. The Bertz CT molecular complexity index is 86.1. The van der Waals surface area contributed by atoms with Crippen molar-refractivity contribution in [1.82, 2.24) is 0 Å². The number of carbonyl (C=O) groups is 1. The predicted molar refractivity (Wildman–Crippen MR) is 26.0 cm³/mol. The molecule has 0 heterocycles. The Morgan fingerprint density at radius 1 is 2.00 bits per heavy atom. The van der Waals surface area contributed by atoms with Crippen molar-refractivity contribution in [3.8, 4) is 0 Å². The molecule has 0 spiro atoms. The second-order valence-corrected chi connectivity index (χ2v) is 1.28. The first-order valence-corrected chi connectivity index (χ1v) is 2.11. The minimum absolute atomic E-state index is 0.715. The van der Waals surface area contributed by atoms with E-state index >= 15 is 0 Å². The molecule has 0 saturated carbocycles. The van der Waals surface area contributed by atoms with Crippen LogP contribution in [-0.4, -0.2) is 25.8 Å². The van der Waals surface area contributed by atoms with Crippen LogP contribution in [-0.2, 0) is 9.53 Å². The van der Waals surface area contributed by atoms with Gasteiger partial charge in [0.15, 0.2) is 0 Å². The monoisotopic (exact) mass is 121 g/mol. The van der Waals surface area contributed by atoms with Crippen LogP contribution in [0.15, 0.2) is 0 Å². The molecule has 0 fully saturated rings. The fourth-order valence-electron chi connectivity index (χ4n) is 0.214. The quantitative estimate of drug-likeness (QED) is 0.499. The number of rotatable bonds is 2. The zero-order valence-corrected chi connectivity index (χ0v) is 4.56. The van der Waals surface area contributed by atoms with Gasteiger partial charge in [-0.2, -0.15) is 0 Å². The molecule has 0 saturated heterocycles. The Kier molecular flexibility index (Phi) is 3.10. The SMILES string of the molecule is COC(=O)[C@@H](N)CF. The van der Waals surface area contributed by atoms with Crippen molar-refractivity contribution in [3.05, 3.63) is 0 Å². The Balaban J connectivity index is 3.46. The maximum atomic E-state index is 11.4. The highest BCUT2D eigenvalue weighted by atomic mass is 19.1. The van der Waals surface area contributed by atoms with Gasteiger partial charge in [-0.15, -0.1) is 0 Å². The normalized spacial score (nSPS) is 12.9. The summed E-state index contributed by atoms with van der Waals surface area (Å²) in [4.78, 5) is 10.2. The molecule has 0 aromatic rings. The summed E-state index contributed by atoms with van der Waals surface area (Å²) < 4.78 is 15.5. The van der Waals surface area contributed by atoms with E-state index in [0.717, 1.165) is 7.11 Å². The molecule has 0 bridgehead atoms. The first-order chi connectivity index (χ1) is 3.72. The average molecular weight is 121 g/mol. The van der Waals surface area contributed by atoms with Gasteiger partial charge in [-0.1, -0.05) is 0 Å². The maximum Gasteiger partial charge on any atom is 0.325 e. The van der Waals surface area contributed by atoms with Crippen molar-refractivity contribution in [1.29, 1.82) is 0 Å². The lowest BCUT2D eigenvalue weighted by atomic mass is 10.4. The van der Waals surface area contributed by atoms with Crippen molar-refractivity contribution in [2.75, 3.05) is 13.8 Å². The van der Waals surface area contributed by atoms with E-state index in [1.54, 1.807) is 0 Å². The van der Waals surface area contributed by atoms with E-state index in [0.29, 0.717) is 0 Å². The number of esters is 1. The summed E-state index contributed by atoms with van der Waals surface area (Å²) in [6.45, 7) is -0.868. The van der Waals surface area contributed by atoms with Crippen molar-refractivity contribution < 1.29 is 13.9 Å². The smallest absolute Gasteiger partial charge is 0.325 e. The molecule has 0 aromatic heterocycles. The van der Waals surface area contributed by atoms with Crippen LogP contribution in [0.1, 0.15) is 0 Å². The van der Waals surface area contributed by atoms with E-state index in [4.69, 9.17) is 5.73 Å². The molecule has 0 aliphatic heterocycles. The van der Waals surface area contributed by atoms with E-state index in [1.165, 1.54) is 0 Å². The Morgan fingerprint density at radius 2 is 2.50 bits per heavy atom. The second kappa shape index (κ2) is 3.37. The van der Waals surface area contributed by atoms with Crippen molar-refractivity contribution in [2.45, 2.75) is 6.04 Å². The van der Waals surface area contributed by atoms with Gasteiger partial charge < -0.3 is 10.5 Å². The Morgan fingerprint density at radius 3 is 2.62 bits per heavy atom. The zero-order valence-electron chi connectivity index (χ0n) is 4.56. The average Bonchev–Trinajstić information content (AvgIpc) is 1.84. The summed E-state index contributed by atoms with van der Waals surface area (Å²) >= 11 is 0. The largest absolute Gasteiger partial charge is 0.468 e. The fourth-order valence-corrected chi connectivity index (χ4v) is 0.214. The zero-order chi connectivity index (χ0) is 6.57. The summed E-state index contributed by atoms with van der Waals surface area (Å²) in [5.74, 6) is -0.715. The van der Waals surface area contributed by atoms with Crippen LogP contribution in [0.2, 0.25) is 0 Å². The van der Waals surface area contributed by atoms with E-state index in [-0.39, 0.29) is 0 Å². The van der Waals surface area contributed by atoms with Crippen LogP contribution in [0.3, 0.4) is 0 Å². The Labute approximate surface area is 46.6 Å². The third-order valence-corrected chi connectivity index (χ3v) is 0.670. The number of alkyl halides is 1. The third-order valence-electron chi connectivity index (χ3n) is 0.670. The molecule has 0 amide bonds. The van der Waals surface area contributed by atoms with E-state index < -0.39 is 18.7 Å². The molecule has 1 atom stereocenters. The summed E-state index contributed by atoms with van der Waals surface area (Å²) in [7, 11) is 1.16. The van der Waals surface area contributed by atoms with Gasteiger partial charge in [0.1, 0.15) is 12.7 Å². The highest BCUT2D eigenvalue weighted by Gasteiger charge is 2.11. The number of nitrogens with two attached hydrogens (primary N) is 1. The van der Waals surface area contributed by atoms with Crippen molar-refractivity contribution >= 4 is 5.97 Å². The van der Waals surface area contributed by atoms with Crippen molar-refractivity contribution in [3.63, 3.8) is 0 Å². The lowest BCUT2D eigenvalue weighted by Crippen LogP contribution is -2.33. The molecule has 4 heteroatoms. The number of hydrogen-bond acceptors (Lipinski definition) is 3. The minimum Gasteiger partial charge on any atom is -0.468 e. The molecule has 48 valence electrons. The van der Waals surface area contributed by atoms with E-state index in [9.17, 15) is 9.18 Å². The van der Waals surface area contributed by atoms with Crippen LogP contribution in [0, 0.1) is 0 Å². The number of hydrogen-bond donors (Lipinski definition) is 1. The topological polar surface area (TPSA) is 52.3 Å². The van der Waals surface area contributed by atoms with Crippen LogP contribution < -0.4 is 5.73 Å². The van der Waals surface area contributed by atoms with Gasteiger partial charge in [0, 0.05) is 0 Å². The molecule has 8 heavy (non-hydrogen) atoms. The van der Waals surface area contributed by atoms with Crippen LogP contribution >= 0.6 is 0 Å². The second-order valence-electron chi connectivity index (χ2n) is 1.28. The molecule has 0 aliphatic carbocycles. The standard InChI is InChI=1S/C4H8FNO2/c1-8-4(7)3(6)2-5/h3H,2,6H2,1H3/t3-/m0/s1. The number of halogens is 1. The van der Waals surface area contributed by atoms with Gasteiger partial charge in [0.2, 0.25) is 0 Å². The van der Waals surface area contributed by atoms with Crippen molar-refractivity contribution in [2.24, 2.45) is 5.73 Å². The molecule has 0 aliphatic rings.